The van der Waals surface area contributed by atoms with E-state index in [1.807, 2.05) is 19.1 Å². The van der Waals surface area contributed by atoms with Gasteiger partial charge < -0.3 is 34.9 Å². The van der Waals surface area contributed by atoms with Crippen LogP contribution in [-0.4, -0.2) is 80.8 Å². The van der Waals surface area contributed by atoms with Gasteiger partial charge in [0.25, 0.3) is 0 Å². The maximum absolute atomic E-state index is 14.6. The summed E-state index contributed by atoms with van der Waals surface area (Å²) in [4.78, 5) is 61.7. The fourth-order valence-corrected chi connectivity index (χ4v) is 7.72. The monoisotopic (exact) mass is 690 g/mol. The molecule has 12 nitrogen and oxygen atoms in total. The topological polar surface area (TPSA) is 156 Å². The summed E-state index contributed by atoms with van der Waals surface area (Å²) < 4.78 is 17.9. The van der Waals surface area contributed by atoms with Crippen LogP contribution in [-0.2, 0) is 36.7 Å². The second kappa shape index (κ2) is 13.8. The van der Waals surface area contributed by atoms with E-state index in [1.54, 1.807) is 45.9 Å². The third-order valence-corrected chi connectivity index (χ3v) is 10.3. The molecule has 1 aromatic carbocycles. The van der Waals surface area contributed by atoms with Crippen molar-refractivity contribution in [1.29, 1.82) is 0 Å². The highest BCUT2D eigenvalue weighted by molar-refractivity contribution is 5.97. The highest BCUT2D eigenvalue weighted by Crippen LogP contribution is 2.48. The third-order valence-electron chi connectivity index (χ3n) is 10.3. The van der Waals surface area contributed by atoms with Gasteiger partial charge >= 0.3 is 12.1 Å². The first kappa shape index (κ1) is 35.5. The number of alkyl carbamates (subject to hydrolysis) is 1. The zero-order chi connectivity index (χ0) is 35.8. The minimum absolute atomic E-state index is 0.104. The first-order chi connectivity index (χ1) is 23.8. The van der Waals surface area contributed by atoms with Gasteiger partial charge in [-0.1, -0.05) is 31.9 Å². The molecule has 12 heteroatoms. The molecule has 1 spiro atoms. The Kier molecular flexibility index (Phi) is 9.76. The Bertz CT molecular complexity index is 1700. The highest BCUT2D eigenvalue weighted by atomic mass is 16.6. The summed E-state index contributed by atoms with van der Waals surface area (Å²) in [5, 5.41) is 16.9. The van der Waals surface area contributed by atoms with Crippen LogP contribution in [0.15, 0.2) is 30.4 Å². The van der Waals surface area contributed by atoms with Gasteiger partial charge in [0, 0.05) is 23.3 Å². The number of aryl methyl sites for hydroxylation is 2. The number of fused-ring (bicyclic) bond motifs is 5. The maximum Gasteiger partial charge on any atom is 0.408 e. The molecule has 2 aromatic rings. The van der Waals surface area contributed by atoms with E-state index in [0.29, 0.717) is 44.3 Å². The number of amides is 3. The van der Waals surface area contributed by atoms with Crippen molar-refractivity contribution in [2.45, 2.75) is 128 Å². The number of nitrogens with zero attached hydrogens (tertiary/aromatic N) is 2. The van der Waals surface area contributed by atoms with Crippen molar-refractivity contribution in [2.24, 2.45) is 5.92 Å². The van der Waals surface area contributed by atoms with Crippen LogP contribution in [0.1, 0.15) is 97.2 Å². The van der Waals surface area contributed by atoms with E-state index in [4.69, 9.17) is 19.2 Å². The van der Waals surface area contributed by atoms with Gasteiger partial charge in [-0.3, -0.25) is 9.59 Å². The molecule has 0 bridgehead atoms. The van der Waals surface area contributed by atoms with Crippen molar-refractivity contribution in [3.05, 3.63) is 41.6 Å². The van der Waals surface area contributed by atoms with Gasteiger partial charge in [-0.15, -0.1) is 0 Å². The summed E-state index contributed by atoms with van der Waals surface area (Å²) >= 11 is 0. The second-order valence-corrected chi connectivity index (χ2v) is 15.1. The number of carbonyl (C=O) groups excluding carboxylic acids is 4. The van der Waals surface area contributed by atoms with Crippen molar-refractivity contribution in [3.8, 4) is 11.5 Å². The number of nitrogens with one attached hydrogen (secondary N) is 2. The van der Waals surface area contributed by atoms with E-state index in [2.05, 4.69) is 10.6 Å². The average Bonchev–Trinajstić information content (AvgIpc) is 3.63. The standard InChI is InChI=1S/C38H50N4O8/c1-6-27-31-25(26-19-24(43)15-16-28(26)39-27)17-18-37(49-31)21-30-32(44)41-38(34(46)48-7-2)20-23(38)13-11-9-8-10-12-14-29(33(45)42(30)22-37)40-35(47)50-36(3,4)5/h11,13,15-16,19,23,29-30,43H,6-10,12,14,17-18,20-22H2,1-5H3,(H,40,47)(H,41,44)/b13-11-/t23?,29-,30-,37+,38+/m0/s1. The zero-order valence-corrected chi connectivity index (χ0v) is 29.8. The van der Waals surface area contributed by atoms with E-state index in [0.717, 1.165) is 41.4 Å². The Morgan fingerprint density at radius 3 is 2.70 bits per heavy atom. The molecule has 1 saturated carbocycles. The molecule has 1 aliphatic carbocycles. The van der Waals surface area contributed by atoms with Gasteiger partial charge in [0.15, 0.2) is 0 Å². The molecular weight excluding hydrogens is 640 g/mol. The lowest BCUT2D eigenvalue weighted by atomic mass is 9.87. The number of ether oxygens (including phenoxy) is 3. The van der Waals surface area contributed by atoms with E-state index < -0.39 is 52.7 Å². The van der Waals surface area contributed by atoms with E-state index in [9.17, 15) is 24.3 Å². The predicted octanol–water partition coefficient (Wildman–Crippen LogP) is 5.02. The number of benzene rings is 1. The molecule has 3 amide bonds. The smallest absolute Gasteiger partial charge is 0.408 e. The fraction of sp³-hybridized carbons (Fsp3) is 0.605. The number of aromatic hydroxyl groups is 1. The molecule has 270 valence electrons. The number of carbonyl (C=O) groups is 4. The lowest BCUT2D eigenvalue weighted by Crippen LogP contribution is -2.57. The summed E-state index contributed by atoms with van der Waals surface area (Å²) in [5.41, 5.74) is -0.440. The second-order valence-electron chi connectivity index (χ2n) is 15.1. The molecule has 6 rings (SSSR count). The molecule has 3 aliphatic heterocycles. The van der Waals surface area contributed by atoms with Crippen LogP contribution in [0.4, 0.5) is 4.79 Å². The third kappa shape index (κ3) is 7.11. The van der Waals surface area contributed by atoms with E-state index in [-0.39, 0.29) is 31.2 Å². The zero-order valence-electron chi connectivity index (χ0n) is 29.8. The van der Waals surface area contributed by atoms with Crippen LogP contribution in [0.3, 0.4) is 0 Å². The van der Waals surface area contributed by atoms with Gasteiger partial charge in [0.05, 0.1) is 24.4 Å². The summed E-state index contributed by atoms with van der Waals surface area (Å²) in [6.07, 6.45) is 9.17. The molecule has 4 heterocycles. The Morgan fingerprint density at radius 2 is 1.96 bits per heavy atom. The first-order valence-electron chi connectivity index (χ1n) is 18.1. The molecule has 1 unspecified atom stereocenters. The van der Waals surface area contributed by atoms with E-state index in [1.165, 1.54) is 4.90 Å². The number of phenolic OH excluding ortho intramolecular Hbond substituents is 1. The van der Waals surface area contributed by atoms with E-state index >= 15 is 0 Å². The molecule has 50 heavy (non-hydrogen) atoms. The lowest BCUT2D eigenvalue weighted by Gasteiger charge is -2.37. The molecule has 5 atom stereocenters. The lowest BCUT2D eigenvalue weighted by molar-refractivity contribution is -0.150. The normalized spacial score (nSPS) is 29.0. The summed E-state index contributed by atoms with van der Waals surface area (Å²) in [6, 6.07) is 3.20. The van der Waals surface area contributed by atoms with Crippen molar-refractivity contribution in [1.82, 2.24) is 20.5 Å². The number of esters is 1. The minimum atomic E-state index is -1.21. The Labute approximate surface area is 293 Å². The van der Waals surface area contributed by atoms with Gasteiger partial charge in [0.2, 0.25) is 11.8 Å². The SMILES string of the molecule is CCOC(=O)[C@@]12CC1/C=C\CCCCC[C@H](NC(=O)OC(C)(C)C)C(=O)N1C[C@@]3(CCc4c(c(CC)nc5ccc(O)cc45)O3)C[C@H]1C(=O)N2. The Balaban J connectivity index is 1.37. The first-order valence-corrected chi connectivity index (χ1v) is 18.1. The number of phenols is 1. The maximum atomic E-state index is 14.6. The van der Waals surface area contributed by atoms with Gasteiger partial charge in [-0.25, -0.2) is 14.6 Å². The number of allylic oxidation sites excluding steroid dienone is 1. The highest BCUT2D eigenvalue weighted by Gasteiger charge is 2.63. The Morgan fingerprint density at radius 1 is 1.16 bits per heavy atom. The van der Waals surface area contributed by atoms with Crippen LogP contribution in [0.5, 0.6) is 11.5 Å². The molecule has 4 aliphatic rings. The van der Waals surface area contributed by atoms with Crippen LogP contribution < -0.4 is 15.4 Å². The predicted molar refractivity (Wildman–Crippen MR) is 186 cm³/mol. The fourth-order valence-electron chi connectivity index (χ4n) is 7.72. The molecule has 1 saturated heterocycles. The number of hydrogen-bond acceptors (Lipinski definition) is 9. The molecule has 1 aromatic heterocycles. The number of hydrogen-bond donors (Lipinski definition) is 3. The van der Waals surface area contributed by atoms with Crippen LogP contribution in [0.25, 0.3) is 10.9 Å². The largest absolute Gasteiger partial charge is 0.508 e. The van der Waals surface area contributed by atoms with Crippen molar-refractivity contribution < 1.29 is 38.5 Å². The number of pyridine rings is 1. The van der Waals surface area contributed by atoms with Crippen molar-refractivity contribution >= 4 is 34.8 Å². The molecule has 0 radical (unpaired) electrons. The van der Waals surface area contributed by atoms with Crippen LogP contribution >= 0.6 is 0 Å². The molecular formula is C38H50N4O8. The van der Waals surface area contributed by atoms with Crippen LogP contribution in [0.2, 0.25) is 0 Å². The minimum Gasteiger partial charge on any atom is -0.508 e. The number of rotatable bonds is 4. The summed E-state index contributed by atoms with van der Waals surface area (Å²) in [6.45, 7) is 9.29. The quantitative estimate of drug-likeness (QED) is 0.296. The molecule has 3 N–H and O–H groups in total. The van der Waals surface area contributed by atoms with Crippen molar-refractivity contribution in [2.75, 3.05) is 13.2 Å². The average molecular weight is 691 g/mol. The van der Waals surface area contributed by atoms with Crippen LogP contribution in [0, 0.1) is 5.92 Å². The Hall–Kier alpha value is -4.35. The molecule has 2 fully saturated rings. The summed E-state index contributed by atoms with van der Waals surface area (Å²) in [7, 11) is 0. The number of aromatic nitrogens is 1. The van der Waals surface area contributed by atoms with Gasteiger partial charge in [-0.05, 0) is 90.8 Å². The summed E-state index contributed by atoms with van der Waals surface area (Å²) in [5.74, 6) is -0.808. The van der Waals surface area contributed by atoms with Crippen molar-refractivity contribution in [3.63, 3.8) is 0 Å². The van der Waals surface area contributed by atoms with Gasteiger partial charge in [-0.2, -0.15) is 0 Å². The van der Waals surface area contributed by atoms with Gasteiger partial charge in [0.1, 0.15) is 40.3 Å².